The van der Waals surface area contributed by atoms with Gasteiger partial charge in [0.05, 0.1) is 12.4 Å². The highest BCUT2D eigenvalue weighted by Crippen LogP contribution is 2.53. The molecule has 0 radical (unpaired) electrons. The van der Waals surface area contributed by atoms with E-state index >= 15 is 0 Å². The van der Waals surface area contributed by atoms with E-state index in [1.165, 1.54) is 22.3 Å². The molecular weight excluding hydrogens is 284 g/mol. The Hall–Kier alpha value is -1.65. The lowest BCUT2D eigenvalue weighted by Crippen LogP contribution is -2.38. The molecule has 3 aliphatic rings. The third-order valence-corrected chi connectivity index (χ3v) is 5.15. The summed E-state index contributed by atoms with van der Waals surface area (Å²) >= 11 is 0. The van der Waals surface area contributed by atoms with Crippen molar-refractivity contribution < 1.29 is 12.6 Å². The molecule has 0 unspecified atom stereocenters. The van der Waals surface area contributed by atoms with E-state index in [0.717, 1.165) is 12.7 Å². The Bertz CT molecular complexity index is 763. The molecule has 2 aromatic carbocycles. The molecule has 1 atom stereocenters. The van der Waals surface area contributed by atoms with Crippen LogP contribution in [0, 0.1) is 0 Å². The van der Waals surface area contributed by atoms with Gasteiger partial charge in [-0.05, 0) is 28.7 Å². The van der Waals surface area contributed by atoms with Crippen molar-refractivity contribution in [1.82, 2.24) is 0 Å². The minimum Gasteiger partial charge on any atom is -0.266 e. The Morgan fingerprint density at radius 1 is 0.905 bits per heavy atom. The first-order valence-electron chi connectivity index (χ1n) is 7.10. The Morgan fingerprint density at radius 2 is 1.38 bits per heavy atom. The van der Waals surface area contributed by atoms with Crippen molar-refractivity contribution in [3.8, 4) is 0 Å². The Labute approximate surface area is 124 Å². The minimum atomic E-state index is -3.45. The summed E-state index contributed by atoms with van der Waals surface area (Å²) in [7, 11) is -3.45. The summed E-state index contributed by atoms with van der Waals surface area (Å²) in [6.45, 7) is 0. The second kappa shape index (κ2) is 4.42. The zero-order valence-corrected chi connectivity index (χ0v) is 12.5. The van der Waals surface area contributed by atoms with Gasteiger partial charge in [0.2, 0.25) is 0 Å². The Balaban J connectivity index is 1.90. The molecule has 0 aliphatic heterocycles. The number of fused-ring (bicyclic) bond motifs is 1. The summed E-state index contributed by atoms with van der Waals surface area (Å²) in [5.74, 6) is 0.242. The fourth-order valence-electron chi connectivity index (χ4n) is 3.90. The molecular formula is C17H16O3S. The van der Waals surface area contributed by atoms with Crippen LogP contribution in [0.5, 0.6) is 0 Å². The first-order chi connectivity index (χ1) is 10.0. The van der Waals surface area contributed by atoms with Gasteiger partial charge in [0.25, 0.3) is 10.1 Å². The van der Waals surface area contributed by atoms with Gasteiger partial charge in [-0.25, -0.2) is 0 Å². The van der Waals surface area contributed by atoms with Crippen molar-refractivity contribution in [3.05, 3.63) is 70.8 Å². The smallest absolute Gasteiger partial charge is 0.264 e. The van der Waals surface area contributed by atoms with Crippen molar-refractivity contribution in [1.29, 1.82) is 0 Å². The van der Waals surface area contributed by atoms with E-state index in [4.69, 9.17) is 4.18 Å². The number of rotatable bonds is 2. The van der Waals surface area contributed by atoms with Crippen LogP contribution in [-0.4, -0.2) is 20.8 Å². The molecule has 21 heavy (non-hydrogen) atoms. The van der Waals surface area contributed by atoms with Crippen LogP contribution < -0.4 is 0 Å². The van der Waals surface area contributed by atoms with Gasteiger partial charge in [0, 0.05) is 11.8 Å². The van der Waals surface area contributed by atoms with Crippen molar-refractivity contribution in [2.24, 2.45) is 0 Å². The second-order valence-electron chi connectivity index (χ2n) is 5.86. The van der Waals surface area contributed by atoms with E-state index in [0.29, 0.717) is 0 Å². The maximum absolute atomic E-state index is 11.6. The topological polar surface area (TPSA) is 43.4 Å². The minimum absolute atomic E-state index is 0.0112. The summed E-state index contributed by atoms with van der Waals surface area (Å²) in [4.78, 5) is 0. The van der Waals surface area contributed by atoms with Gasteiger partial charge in [0.1, 0.15) is 0 Å². The van der Waals surface area contributed by atoms with Gasteiger partial charge < -0.3 is 0 Å². The van der Waals surface area contributed by atoms with E-state index < -0.39 is 10.1 Å². The van der Waals surface area contributed by atoms with Crippen molar-refractivity contribution in [2.75, 3.05) is 6.26 Å². The molecule has 2 aromatic rings. The average Bonchev–Trinajstić information content (AvgIpc) is 2.46. The molecule has 4 heteroatoms. The monoisotopic (exact) mass is 300 g/mol. The molecule has 2 bridgehead atoms. The van der Waals surface area contributed by atoms with Gasteiger partial charge in [-0.1, -0.05) is 48.5 Å². The van der Waals surface area contributed by atoms with Crippen molar-refractivity contribution >= 4 is 10.1 Å². The summed E-state index contributed by atoms with van der Waals surface area (Å²) < 4.78 is 28.6. The third-order valence-electron chi connectivity index (χ3n) is 4.55. The highest BCUT2D eigenvalue weighted by atomic mass is 32.2. The molecule has 0 saturated heterocycles. The molecule has 5 rings (SSSR count). The first-order valence-corrected chi connectivity index (χ1v) is 8.92. The maximum Gasteiger partial charge on any atom is 0.264 e. The lowest BCUT2D eigenvalue weighted by Gasteiger charge is -2.44. The van der Waals surface area contributed by atoms with Crippen molar-refractivity contribution in [2.45, 2.75) is 24.4 Å². The van der Waals surface area contributed by atoms with Crippen LogP contribution in [-0.2, 0) is 14.3 Å². The van der Waals surface area contributed by atoms with Crippen LogP contribution in [0.3, 0.4) is 0 Å². The molecule has 0 saturated carbocycles. The molecule has 0 aromatic heterocycles. The molecule has 0 heterocycles. The Morgan fingerprint density at radius 3 is 1.86 bits per heavy atom. The molecule has 0 spiro atoms. The van der Waals surface area contributed by atoms with E-state index in [2.05, 4.69) is 36.4 Å². The standard InChI is InChI=1S/C17H16O3S/c1-21(18,19)20-16-10-15-11-6-2-4-8-13(11)17(16)14-9-5-3-7-12(14)15/h2-9,15-17H,10H2,1H3/t15?,16-,17?/m1/s1. The van der Waals surface area contributed by atoms with E-state index in [1.807, 2.05) is 12.1 Å². The van der Waals surface area contributed by atoms with Crippen LogP contribution >= 0.6 is 0 Å². The fourth-order valence-corrected chi connectivity index (χ4v) is 4.54. The normalized spacial score (nSPS) is 26.2. The summed E-state index contributed by atoms with van der Waals surface area (Å²) in [5, 5.41) is 0. The van der Waals surface area contributed by atoms with Crippen LogP contribution in [0.4, 0.5) is 0 Å². The zero-order chi connectivity index (χ0) is 14.6. The molecule has 3 nitrogen and oxygen atoms in total. The average molecular weight is 300 g/mol. The Kier molecular flexibility index (Phi) is 2.75. The van der Waals surface area contributed by atoms with Crippen molar-refractivity contribution in [3.63, 3.8) is 0 Å². The molecule has 108 valence electrons. The molecule has 0 N–H and O–H groups in total. The SMILES string of the molecule is CS(=O)(=O)O[C@@H]1CC2c3ccccc3C1c1ccccc12. The van der Waals surface area contributed by atoms with E-state index in [-0.39, 0.29) is 17.9 Å². The molecule has 0 fully saturated rings. The van der Waals surface area contributed by atoms with E-state index in [9.17, 15) is 8.42 Å². The van der Waals surface area contributed by atoms with Gasteiger partial charge in [-0.2, -0.15) is 8.42 Å². The van der Waals surface area contributed by atoms with Gasteiger partial charge in [-0.15, -0.1) is 0 Å². The van der Waals surface area contributed by atoms with Crippen LogP contribution in [0.2, 0.25) is 0 Å². The third kappa shape index (κ3) is 2.01. The summed E-state index contributed by atoms with van der Waals surface area (Å²) in [5.41, 5.74) is 5.05. The highest BCUT2D eigenvalue weighted by molar-refractivity contribution is 7.86. The quantitative estimate of drug-likeness (QED) is 0.801. The maximum atomic E-state index is 11.6. The summed E-state index contributed by atoms with van der Waals surface area (Å²) in [6.07, 6.45) is 1.56. The fraction of sp³-hybridized carbons (Fsp3) is 0.294. The largest absolute Gasteiger partial charge is 0.266 e. The lowest BCUT2D eigenvalue weighted by atomic mass is 9.62. The van der Waals surface area contributed by atoms with Gasteiger partial charge in [-0.3, -0.25) is 4.18 Å². The number of hydrogen-bond donors (Lipinski definition) is 0. The van der Waals surface area contributed by atoms with Gasteiger partial charge >= 0.3 is 0 Å². The van der Waals surface area contributed by atoms with Crippen LogP contribution in [0.15, 0.2) is 48.5 Å². The lowest BCUT2D eigenvalue weighted by molar-refractivity contribution is 0.158. The van der Waals surface area contributed by atoms with Gasteiger partial charge in [0.15, 0.2) is 0 Å². The highest BCUT2D eigenvalue weighted by Gasteiger charge is 2.44. The molecule has 0 amide bonds. The van der Waals surface area contributed by atoms with E-state index in [1.54, 1.807) is 0 Å². The summed E-state index contributed by atoms with van der Waals surface area (Å²) in [6, 6.07) is 16.6. The first kappa shape index (κ1) is 13.0. The number of hydrogen-bond acceptors (Lipinski definition) is 3. The second-order valence-corrected chi connectivity index (χ2v) is 7.46. The number of benzene rings is 2. The predicted molar refractivity (Wildman–Crippen MR) is 80.9 cm³/mol. The predicted octanol–water partition coefficient (Wildman–Crippen LogP) is 3.01. The zero-order valence-electron chi connectivity index (χ0n) is 11.7. The molecule has 3 aliphatic carbocycles. The van der Waals surface area contributed by atoms with Crippen LogP contribution in [0.1, 0.15) is 40.5 Å². The van der Waals surface area contributed by atoms with Crippen LogP contribution in [0.25, 0.3) is 0 Å².